The van der Waals surface area contributed by atoms with Crippen LogP contribution in [0.5, 0.6) is 0 Å². The Labute approximate surface area is 123 Å². The molecule has 0 aromatic carbocycles. The zero-order valence-electron chi connectivity index (χ0n) is 7.54. The van der Waals surface area contributed by atoms with Gasteiger partial charge in [-0.05, 0) is 0 Å². The van der Waals surface area contributed by atoms with Gasteiger partial charge in [0.15, 0.2) is 5.60 Å². The summed E-state index contributed by atoms with van der Waals surface area (Å²) in [7, 11) is 0. The quantitative estimate of drug-likeness (QED) is 0.396. The van der Waals surface area contributed by atoms with Crippen LogP contribution < -0.4 is 6.15 Å². The first-order chi connectivity index (χ1) is 5.78. The Balaban J connectivity index is -0.000000240. The van der Waals surface area contributed by atoms with Crippen LogP contribution in [0.4, 0.5) is 0 Å². The molecule has 0 amide bonds. The molecule has 0 atom stereocenters. The molecule has 0 aromatic heterocycles. The molecule has 0 radical (unpaired) electrons. The fourth-order valence-corrected chi connectivity index (χ4v) is 0.714. The molecule has 0 rings (SSSR count). The molecule has 0 aliphatic heterocycles. The summed E-state index contributed by atoms with van der Waals surface area (Å²) in [4.78, 5) is 30.5. The molecule has 0 aromatic rings. The molecule has 8 nitrogen and oxygen atoms in total. The monoisotopic (exact) mass is 313 g/mol. The number of hydrogen-bond donors (Lipinski definition) is 5. The van der Waals surface area contributed by atoms with Gasteiger partial charge in [0.1, 0.15) is 0 Å². The SMILES string of the molecule is Br.N.O=C(O)CC(O)(CC(=O)O)C(=O)O.[NaH]. The van der Waals surface area contributed by atoms with Crippen molar-refractivity contribution in [3.8, 4) is 0 Å². The summed E-state index contributed by atoms with van der Waals surface area (Å²) in [6.45, 7) is 0. The average Bonchev–Trinajstić information content (AvgIpc) is 1.82. The van der Waals surface area contributed by atoms with Gasteiger partial charge in [-0.15, -0.1) is 17.0 Å². The first kappa shape index (κ1) is 24.9. The minimum absolute atomic E-state index is 0. The molecule has 92 valence electrons. The van der Waals surface area contributed by atoms with E-state index in [-0.39, 0.29) is 52.7 Å². The van der Waals surface area contributed by atoms with E-state index < -0.39 is 36.4 Å². The molecule has 0 heterocycles. The number of carboxylic acid groups (broad SMARTS) is 3. The molecule has 0 unspecified atom stereocenters. The molecule has 0 saturated carbocycles. The van der Waals surface area contributed by atoms with E-state index in [1.54, 1.807) is 0 Å². The van der Waals surface area contributed by atoms with E-state index in [2.05, 4.69) is 0 Å². The summed E-state index contributed by atoms with van der Waals surface area (Å²) in [6, 6.07) is 0. The molecular formula is C6H13BrNNaO7. The van der Waals surface area contributed by atoms with Gasteiger partial charge in [0, 0.05) is 0 Å². The third-order valence-corrected chi connectivity index (χ3v) is 1.29. The van der Waals surface area contributed by atoms with Crippen LogP contribution in [0.25, 0.3) is 0 Å². The standard InChI is InChI=1S/C6H8O7.BrH.H3N.Na.H/c7-3(8)1-6(13,5(11)12)2-4(9)10;;;;/h13H,1-2H2,(H,7,8)(H,9,10)(H,11,12);1H;1H3;;. The van der Waals surface area contributed by atoms with Gasteiger partial charge < -0.3 is 26.6 Å². The van der Waals surface area contributed by atoms with Crippen LogP contribution in [-0.4, -0.2) is 73.5 Å². The van der Waals surface area contributed by atoms with Gasteiger partial charge >= 0.3 is 47.5 Å². The van der Waals surface area contributed by atoms with Gasteiger partial charge in [-0.1, -0.05) is 0 Å². The Morgan fingerprint density at radius 2 is 1.19 bits per heavy atom. The summed E-state index contributed by atoms with van der Waals surface area (Å²) in [6.07, 6.45) is -2.29. The molecule has 16 heavy (non-hydrogen) atoms. The second-order valence-corrected chi connectivity index (χ2v) is 2.48. The van der Waals surface area contributed by atoms with Crippen LogP contribution in [0.1, 0.15) is 12.8 Å². The van der Waals surface area contributed by atoms with Gasteiger partial charge in [0.2, 0.25) is 0 Å². The van der Waals surface area contributed by atoms with Gasteiger partial charge in [-0.3, -0.25) is 9.59 Å². The topological polar surface area (TPSA) is 167 Å². The zero-order chi connectivity index (χ0) is 10.6. The average molecular weight is 314 g/mol. The molecule has 0 bridgehead atoms. The Bertz CT molecular complexity index is 243. The Kier molecular flexibility index (Phi) is 15.5. The van der Waals surface area contributed by atoms with Crippen molar-refractivity contribution < 1.29 is 34.8 Å². The Morgan fingerprint density at radius 3 is 1.31 bits per heavy atom. The van der Waals surface area contributed by atoms with Gasteiger partial charge in [0.25, 0.3) is 0 Å². The number of halogens is 1. The number of rotatable bonds is 5. The van der Waals surface area contributed by atoms with Gasteiger partial charge in [0.05, 0.1) is 12.8 Å². The maximum atomic E-state index is 10.3. The maximum absolute atomic E-state index is 10.3. The molecular weight excluding hydrogens is 301 g/mol. The van der Waals surface area contributed by atoms with Gasteiger partial charge in [-0.2, -0.15) is 0 Å². The third-order valence-electron chi connectivity index (χ3n) is 1.29. The van der Waals surface area contributed by atoms with Crippen LogP contribution in [0.15, 0.2) is 0 Å². The Morgan fingerprint density at radius 1 is 0.938 bits per heavy atom. The van der Waals surface area contributed by atoms with E-state index in [1.807, 2.05) is 0 Å². The van der Waals surface area contributed by atoms with E-state index in [4.69, 9.17) is 20.4 Å². The van der Waals surface area contributed by atoms with Gasteiger partial charge in [-0.25, -0.2) is 4.79 Å². The van der Waals surface area contributed by atoms with Crippen LogP contribution in [0.2, 0.25) is 0 Å². The van der Waals surface area contributed by atoms with Crippen LogP contribution in [-0.2, 0) is 14.4 Å². The number of aliphatic hydroxyl groups is 1. The van der Waals surface area contributed by atoms with Crippen molar-refractivity contribution in [2.45, 2.75) is 18.4 Å². The van der Waals surface area contributed by atoms with Crippen molar-refractivity contribution in [2.75, 3.05) is 0 Å². The second-order valence-electron chi connectivity index (χ2n) is 2.48. The molecule has 0 fully saturated rings. The molecule has 0 saturated heterocycles. The summed E-state index contributed by atoms with van der Waals surface area (Å²) >= 11 is 0. The first-order valence-electron chi connectivity index (χ1n) is 3.17. The summed E-state index contributed by atoms with van der Waals surface area (Å²) in [5.41, 5.74) is -2.74. The van der Waals surface area contributed by atoms with Crippen LogP contribution in [0.3, 0.4) is 0 Å². The van der Waals surface area contributed by atoms with Crippen molar-refractivity contribution in [3.63, 3.8) is 0 Å². The van der Waals surface area contributed by atoms with E-state index in [1.165, 1.54) is 0 Å². The fraction of sp³-hybridized carbons (Fsp3) is 0.500. The summed E-state index contributed by atoms with van der Waals surface area (Å²) in [5, 5.41) is 33.8. The van der Waals surface area contributed by atoms with Crippen molar-refractivity contribution >= 4 is 64.4 Å². The minimum atomic E-state index is -2.74. The predicted octanol–water partition coefficient (Wildman–Crippen LogP) is -1.16. The van der Waals surface area contributed by atoms with Crippen LogP contribution >= 0.6 is 17.0 Å². The molecule has 7 N–H and O–H groups in total. The van der Waals surface area contributed by atoms with E-state index >= 15 is 0 Å². The van der Waals surface area contributed by atoms with Crippen molar-refractivity contribution in [2.24, 2.45) is 0 Å². The predicted molar refractivity (Wildman–Crippen MR) is 59.6 cm³/mol. The van der Waals surface area contributed by atoms with E-state index in [0.717, 1.165) is 0 Å². The normalized spacial score (nSPS) is 8.81. The van der Waals surface area contributed by atoms with E-state index in [0.29, 0.717) is 0 Å². The fourth-order valence-electron chi connectivity index (χ4n) is 0.714. The van der Waals surface area contributed by atoms with Crippen molar-refractivity contribution in [3.05, 3.63) is 0 Å². The van der Waals surface area contributed by atoms with E-state index in [9.17, 15) is 14.4 Å². The number of carboxylic acids is 3. The summed E-state index contributed by atoms with van der Waals surface area (Å²) < 4.78 is 0. The zero-order valence-corrected chi connectivity index (χ0v) is 9.26. The number of aliphatic carboxylic acids is 3. The Hall–Kier alpha value is -0.190. The first-order valence-corrected chi connectivity index (χ1v) is 3.17. The van der Waals surface area contributed by atoms with Crippen molar-refractivity contribution in [1.82, 2.24) is 6.15 Å². The second kappa shape index (κ2) is 10.00. The third kappa shape index (κ3) is 9.07. The molecule has 0 aliphatic carbocycles. The van der Waals surface area contributed by atoms with Crippen molar-refractivity contribution in [1.29, 1.82) is 0 Å². The summed E-state index contributed by atoms with van der Waals surface area (Å²) in [5.74, 6) is -5.02. The number of carbonyl (C=O) groups is 3. The molecule has 0 spiro atoms. The molecule has 0 aliphatic rings. The number of hydrogen-bond acceptors (Lipinski definition) is 5. The van der Waals surface area contributed by atoms with Crippen LogP contribution in [0, 0.1) is 0 Å². The molecule has 10 heteroatoms.